The van der Waals surface area contributed by atoms with Gasteiger partial charge in [0.1, 0.15) is 0 Å². The average molecular weight is 382 g/mol. The molecule has 1 N–H and O–H groups in total. The van der Waals surface area contributed by atoms with Crippen molar-refractivity contribution in [2.45, 2.75) is 34.1 Å². The van der Waals surface area contributed by atoms with Gasteiger partial charge in [0.2, 0.25) is 11.8 Å². The lowest BCUT2D eigenvalue weighted by atomic mass is 10.1. The molecule has 0 saturated heterocycles. The number of hydrogen-bond acceptors (Lipinski definition) is 4. The minimum atomic E-state index is -0.496. The Kier molecular flexibility index (Phi) is 7.32. The second-order valence-electron chi connectivity index (χ2n) is 6.47. The van der Waals surface area contributed by atoms with Crippen LogP contribution in [0, 0.1) is 13.8 Å². The van der Waals surface area contributed by atoms with Crippen LogP contribution >= 0.6 is 0 Å². The molecule has 6 heteroatoms. The molecule has 0 aliphatic rings. The topological polar surface area (TPSA) is 75.7 Å². The number of para-hydroxylation sites is 2. The van der Waals surface area contributed by atoms with E-state index in [1.54, 1.807) is 31.2 Å². The first-order valence-corrected chi connectivity index (χ1v) is 9.25. The van der Waals surface area contributed by atoms with Crippen molar-refractivity contribution < 1.29 is 19.1 Å². The van der Waals surface area contributed by atoms with Crippen LogP contribution in [0.4, 0.5) is 11.4 Å². The summed E-state index contributed by atoms with van der Waals surface area (Å²) in [4.78, 5) is 38.3. The molecule has 6 nitrogen and oxygen atoms in total. The van der Waals surface area contributed by atoms with Crippen molar-refractivity contribution in [1.82, 2.24) is 0 Å². The summed E-state index contributed by atoms with van der Waals surface area (Å²) >= 11 is 0. The standard InChI is InChI=1S/C22H26N2O4/c1-5-28-22(27)18-11-6-7-12-19(18)24(17(4)25)14-13-20(26)23-21-15(2)9-8-10-16(21)3/h6-12H,5,13-14H2,1-4H3,(H,23,26). The van der Waals surface area contributed by atoms with E-state index < -0.39 is 5.97 Å². The second kappa shape index (κ2) is 9.69. The molecule has 148 valence electrons. The number of anilines is 2. The summed E-state index contributed by atoms with van der Waals surface area (Å²) in [6.07, 6.45) is 0.102. The van der Waals surface area contributed by atoms with Crippen LogP contribution < -0.4 is 10.2 Å². The zero-order valence-electron chi connectivity index (χ0n) is 16.7. The molecule has 0 bridgehead atoms. The Morgan fingerprint density at radius 3 is 2.25 bits per heavy atom. The summed E-state index contributed by atoms with van der Waals surface area (Å²) in [5, 5.41) is 2.91. The highest BCUT2D eigenvalue weighted by Crippen LogP contribution is 2.23. The van der Waals surface area contributed by atoms with Gasteiger partial charge >= 0.3 is 5.97 Å². The number of rotatable bonds is 7. The van der Waals surface area contributed by atoms with E-state index >= 15 is 0 Å². The lowest BCUT2D eigenvalue weighted by Crippen LogP contribution is -2.33. The minimum absolute atomic E-state index is 0.102. The summed E-state index contributed by atoms with van der Waals surface area (Å²) < 4.78 is 5.07. The Morgan fingerprint density at radius 1 is 1.00 bits per heavy atom. The van der Waals surface area contributed by atoms with Crippen LogP contribution in [-0.2, 0) is 14.3 Å². The second-order valence-corrected chi connectivity index (χ2v) is 6.47. The number of nitrogens with one attached hydrogen (secondary N) is 1. The maximum absolute atomic E-state index is 12.5. The quantitative estimate of drug-likeness (QED) is 0.738. The number of benzene rings is 2. The van der Waals surface area contributed by atoms with Crippen molar-refractivity contribution >= 4 is 29.2 Å². The van der Waals surface area contributed by atoms with Crippen molar-refractivity contribution in [3.8, 4) is 0 Å². The number of ether oxygens (including phenoxy) is 1. The number of nitrogens with zero attached hydrogens (tertiary/aromatic N) is 1. The Morgan fingerprint density at radius 2 is 1.64 bits per heavy atom. The molecular weight excluding hydrogens is 356 g/mol. The number of hydrogen-bond donors (Lipinski definition) is 1. The largest absolute Gasteiger partial charge is 0.462 e. The maximum Gasteiger partial charge on any atom is 0.340 e. The van der Waals surface area contributed by atoms with Crippen molar-refractivity contribution in [3.05, 3.63) is 59.2 Å². The fraction of sp³-hybridized carbons (Fsp3) is 0.318. The molecule has 0 radical (unpaired) electrons. The van der Waals surface area contributed by atoms with Gasteiger partial charge in [-0.05, 0) is 44.0 Å². The predicted molar refractivity (Wildman–Crippen MR) is 110 cm³/mol. The smallest absolute Gasteiger partial charge is 0.340 e. The Bertz CT molecular complexity index is 856. The van der Waals surface area contributed by atoms with E-state index in [0.717, 1.165) is 16.8 Å². The van der Waals surface area contributed by atoms with Gasteiger partial charge in [0.15, 0.2) is 0 Å². The molecule has 2 aromatic rings. The van der Waals surface area contributed by atoms with Crippen molar-refractivity contribution in [2.24, 2.45) is 0 Å². The zero-order valence-corrected chi connectivity index (χ0v) is 16.7. The summed E-state index contributed by atoms with van der Waals surface area (Å²) in [7, 11) is 0. The monoisotopic (exact) mass is 382 g/mol. The molecule has 0 aliphatic carbocycles. The van der Waals surface area contributed by atoms with E-state index in [2.05, 4.69) is 5.32 Å². The van der Waals surface area contributed by atoms with E-state index in [1.807, 2.05) is 32.0 Å². The van der Waals surface area contributed by atoms with Gasteiger partial charge in [-0.1, -0.05) is 30.3 Å². The van der Waals surface area contributed by atoms with Gasteiger partial charge in [-0.3, -0.25) is 9.59 Å². The normalized spacial score (nSPS) is 10.3. The molecule has 2 rings (SSSR count). The molecule has 0 aromatic heterocycles. The zero-order chi connectivity index (χ0) is 20.7. The molecule has 0 spiro atoms. The fourth-order valence-electron chi connectivity index (χ4n) is 2.96. The van der Waals surface area contributed by atoms with Gasteiger partial charge in [0, 0.05) is 25.6 Å². The van der Waals surface area contributed by atoms with Gasteiger partial charge < -0.3 is 15.0 Å². The van der Waals surface area contributed by atoms with Crippen LogP contribution in [-0.4, -0.2) is 30.9 Å². The summed E-state index contributed by atoms with van der Waals surface area (Å²) in [5.41, 5.74) is 3.48. The highest BCUT2D eigenvalue weighted by Gasteiger charge is 2.21. The molecule has 0 aliphatic heterocycles. The lowest BCUT2D eigenvalue weighted by Gasteiger charge is -2.23. The number of amides is 2. The Labute approximate surface area is 165 Å². The van der Waals surface area contributed by atoms with E-state index in [0.29, 0.717) is 11.3 Å². The first-order chi connectivity index (χ1) is 13.3. The molecule has 0 saturated carbocycles. The van der Waals surface area contributed by atoms with Gasteiger partial charge in [0.25, 0.3) is 0 Å². The average Bonchev–Trinajstić information content (AvgIpc) is 2.65. The third kappa shape index (κ3) is 5.19. The van der Waals surface area contributed by atoms with Crippen molar-refractivity contribution in [1.29, 1.82) is 0 Å². The minimum Gasteiger partial charge on any atom is -0.462 e. The van der Waals surface area contributed by atoms with Gasteiger partial charge in [-0.2, -0.15) is 0 Å². The van der Waals surface area contributed by atoms with E-state index in [-0.39, 0.29) is 31.4 Å². The van der Waals surface area contributed by atoms with Crippen LogP contribution in [0.25, 0.3) is 0 Å². The van der Waals surface area contributed by atoms with Crippen LogP contribution in [0.5, 0.6) is 0 Å². The first kappa shape index (κ1) is 21.2. The summed E-state index contributed by atoms with van der Waals surface area (Å²) in [5.74, 6) is -0.946. The van der Waals surface area contributed by atoms with Crippen LogP contribution in [0.2, 0.25) is 0 Å². The highest BCUT2D eigenvalue weighted by atomic mass is 16.5. The lowest BCUT2D eigenvalue weighted by molar-refractivity contribution is -0.117. The predicted octanol–water partition coefficient (Wildman–Crippen LogP) is 3.86. The number of aryl methyl sites for hydroxylation is 2. The SMILES string of the molecule is CCOC(=O)c1ccccc1N(CCC(=O)Nc1c(C)cccc1C)C(C)=O. The van der Waals surface area contributed by atoms with Gasteiger partial charge in [-0.15, -0.1) is 0 Å². The number of carbonyl (C=O) groups excluding carboxylic acids is 3. The Balaban J connectivity index is 2.15. The van der Waals surface area contributed by atoms with Crippen molar-refractivity contribution in [3.63, 3.8) is 0 Å². The van der Waals surface area contributed by atoms with Crippen LogP contribution in [0.3, 0.4) is 0 Å². The van der Waals surface area contributed by atoms with Crippen molar-refractivity contribution in [2.75, 3.05) is 23.4 Å². The summed E-state index contributed by atoms with van der Waals surface area (Å²) in [6.45, 7) is 7.39. The first-order valence-electron chi connectivity index (χ1n) is 9.25. The molecule has 28 heavy (non-hydrogen) atoms. The third-order valence-corrected chi connectivity index (χ3v) is 4.38. The fourth-order valence-corrected chi connectivity index (χ4v) is 2.96. The molecule has 0 atom stereocenters. The highest BCUT2D eigenvalue weighted by molar-refractivity contribution is 6.02. The molecular formula is C22H26N2O4. The number of esters is 1. The summed E-state index contributed by atoms with van der Waals surface area (Å²) in [6, 6.07) is 12.5. The maximum atomic E-state index is 12.5. The molecule has 0 fully saturated rings. The molecule has 2 aromatic carbocycles. The van der Waals surface area contributed by atoms with Crippen LogP contribution in [0.1, 0.15) is 41.8 Å². The van der Waals surface area contributed by atoms with Gasteiger partial charge in [0.05, 0.1) is 17.9 Å². The van der Waals surface area contributed by atoms with Crippen LogP contribution in [0.15, 0.2) is 42.5 Å². The molecule has 0 unspecified atom stereocenters. The number of carbonyl (C=O) groups is 3. The van der Waals surface area contributed by atoms with Gasteiger partial charge in [-0.25, -0.2) is 4.79 Å². The van der Waals surface area contributed by atoms with E-state index in [9.17, 15) is 14.4 Å². The Hall–Kier alpha value is -3.15. The molecule has 2 amide bonds. The molecule has 0 heterocycles. The third-order valence-electron chi connectivity index (χ3n) is 4.38. The van der Waals surface area contributed by atoms with E-state index in [4.69, 9.17) is 4.74 Å². The van der Waals surface area contributed by atoms with E-state index in [1.165, 1.54) is 11.8 Å².